The monoisotopic (exact) mass is 274 g/mol. The van der Waals surface area contributed by atoms with Gasteiger partial charge >= 0.3 is 11.9 Å². The fourth-order valence-electron chi connectivity index (χ4n) is 1.99. The third kappa shape index (κ3) is 2.66. The molecule has 5 heteroatoms. The van der Waals surface area contributed by atoms with Crippen molar-refractivity contribution < 1.29 is 24.2 Å². The molecule has 0 aliphatic rings. The predicted octanol–water partition coefficient (Wildman–Crippen LogP) is 3.20. The number of halogens is 1. The van der Waals surface area contributed by atoms with E-state index in [9.17, 15) is 14.0 Å². The molecule has 0 aliphatic carbocycles. The first-order valence-corrected chi connectivity index (χ1v) is 5.76. The second-order valence-corrected chi connectivity index (χ2v) is 4.37. The Kier molecular flexibility index (Phi) is 3.52. The molecule has 0 aromatic heterocycles. The Bertz CT molecular complexity index is 707. The van der Waals surface area contributed by atoms with E-state index in [4.69, 9.17) is 10.2 Å². The molecule has 0 fully saturated rings. The molecule has 0 aliphatic heterocycles. The van der Waals surface area contributed by atoms with Crippen molar-refractivity contribution in [3.8, 4) is 11.1 Å². The van der Waals surface area contributed by atoms with Crippen LogP contribution in [0.5, 0.6) is 0 Å². The Hall–Kier alpha value is -2.69. The molecule has 0 amide bonds. The molecule has 102 valence electrons. The molecule has 0 bridgehead atoms. The number of hydrogen-bond acceptors (Lipinski definition) is 2. The predicted molar refractivity (Wildman–Crippen MR) is 70.5 cm³/mol. The molecule has 0 atom stereocenters. The normalized spacial score (nSPS) is 10.3. The van der Waals surface area contributed by atoms with E-state index < -0.39 is 17.8 Å². The van der Waals surface area contributed by atoms with E-state index in [1.165, 1.54) is 24.3 Å². The van der Waals surface area contributed by atoms with Gasteiger partial charge in [0.15, 0.2) is 0 Å². The summed E-state index contributed by atoms with van der Waals surface area (Å²) in [7, 11) is 0. The summed E-state index contributed by atoms with van der Waals surface area (Å²) in [6, 6.07) is 7.91. The van der Waals surface area contributed by atoms with Crippen LogP contribution >= 0.6 is 0 Å². The molecule has 4 nitrogen and oxygen atoms in total. The summed E-state index contributed by atoms with van der Waals surface area (Å²) in [5.74, 6) is -2.92. The van der Waals surface area contributed by atoms with E-state index in [1.54, 1.807) is 13.0 Å². The molecule has 2 aromatic rings. The second-order valence-electron chi connectivity index (χ2n) is 4.37. The molecule has 0 heterocycles. The zero-order chi connectivity index (χ0) is 14.9. The lowest BCUT2D eigenvalue weighted by atomic mass is 9.97. The lowest BCUT2D eigenvalue weighted by Crippen LogP contribution is -1.99. The topological polar surface area (TPSA) is 74.6 Å². The van der Waals surface area contributed by atoms with Crippen molar-refractivity contribution in [3.05, 3.63) is 58.9 Å². The van der Waals surface area contributed by atoms with E-state index in [0.717, 1.165) is 6.07 Å². The molecule has 0 saturated heterocycles. The van der Waals surface area contributed by atoms with Crippen molar-refractivity contribution >= 4 is 11.9 Å². The summed E-state index contributed by atoms with van der Waals surface area (Å²) in [6.45, 7) is 1.69. The molecule has 2 aromatic carbocycles. The van der Waals surface area contributed by atoms with Gasteiger partial charge in [0.05, 0.1) is 11.1 Å². The zero-order valence-electron chi connectivity index (χ0n) is 10.6. The minimum Gasteiger partial charge on any atom is -0.478 e. The molecule has 2 rings (SSSR count). The quantitative estimate of drug-likeness (QED) is 0.901. The molecule has 0 spiro atoms. The molecule has 0 saturated carbocycles. The highest BCUT2D eigenvalue weighted by Gasteiger charge is 2.11. The molecule has 20 heavy (non-hydrogen) atoms. The van der Waals surface area contributed by atoms with Crippen molar-refractivity contribution in [2.24, 2.45) is 0 Å². The Morgan fingerprint density at radius 2 is 1.60 bits per heavy atom. The van der Waals surface area contributed by atoms with E-state index in [-0.39, 0.29) is 11.1 Å². The second kappa shape index (κ2) is 5.13. The van der Waals surface area contributed by atoms with Crippen molar-refractivity contribution in [1.82, 2.24) is 0 Å². The largest absolute Gasteiger partial charge is 0.478 e. The Balaban J connectivity index is 2.57. The first kappa shape index (κ1) is 13.7. The summed E-state index contributed by atoms with van der Waals surface area (Å²) >= 11 is 0. The first-order valence-electron chi connectivity index (χ1n) is 5.76. The van der Waals surface area contributed by atoms with E-state index >= 15 is 0 Å². The van der Waals surface area contributed by atoms with Crippen LogP contribution < -0.4 is 0 Å². The number of carboxylic acids is 2. The van der Waals surface area contributed by atoms with Crippen LogP contribution in [0.4, 0.5) is 4.39 Å². The van der Waals surface area contributed by atoms with Gasteiger partial charge in [0, 0.05) is 0 Å². The van der Waals surface area contributed by atoms with Crippen LogP contribution in [0.3, 0.4) is 0 Å². The highest BCUT2D eigenvalue weighted by molar-refractivity contribution is 5.91. The number of carboxylic acid groups (broad SMARTS) is 2. The van der Waals surface area contributed by atoms with Crippen molar-refractivity contribution in [1.29, 1.82) is 0 Å². The third-order valence-corrected chi connectivity index (χ3v) is 2.93. The van der Waals surface area contributed by atoms with E-state index in [2.05, 4.69) is 0 Å². The van der Waals surface area contributed by atoms with Crippen LogP contribution in [0.2, 0.25) is 0 Å². The summed E-state index contributed by atoms with van der Waals surface area (Å²) in [5.41, 5.74) is 1.60. The zero-order valence-corrected chi connectivity index (χ0v) is 10.6. The highest BCUT2D eigenvalue weighted by atomic mass is 19.1. The maximum atomic E-state index is 13.5. The van der Waals surface area contributed by atoms with Gasteiger partial charge in [-0.25, -0.2) is 14.0 Å². The van der Waals surface area contributed by atoms with Gasteiger partial charge in [-0.3, -0.25) is 0 Å². The Morgan fingerprint density at radius 3 is 2.15 bits per heavy atom. The van der Waals surface area contributed by atoms with Crippen LogP contribution in [0.15, 0.2) is 36.4 Å². The van der Waals surface area contributed by atoms with Gasteiger partial charge in [0.2, 0.25) is 0 Å². The van der Waals surface area contributed by atoms with Crippen LogP contribution in [-0.2, 0) is 0 Å². The lowest BCUT2D eigenvalue weighted by Gasteiger charge is -2.08. The first-order chi connectivity index (χ1) is 9.38. The average Bonchev–Trinajstić information content (AvgIpc) is 2.37. The van der Waals surface area contributed by atoms with Crippen LogP contribution in [0.1, 0.15) is 26.3 Å². The SMILES string of the molecule is Cc1cc(C(=O)O)ccc1-c1cc(F)cc(C(=O)O)c1. The van der Waals surface area contributed by atoms with Gasteiger partial charge in [-0.2, -0.15) is 0 Å². The number of rotatable bonds is 3. The molecular formula is C15H11FO4. The summed E-state index contributed by atoms with van der Waals surface area (Å²) in [6.07, 6.45) is 0. The van der Waals surface area contributed by atoms with Gasteiger partial charge in [-0.15, -0.1) is 0 Å². The van der Waals surface area contributed by atoms with Crippen molar-refractivity contribution in [2.45, 2.75) is 6.92 Å². The van der Waals surface area contributed by atoms with Gasteiger partial charge in [0.1, 0.15) is 5.82 Å². The standard InChI is InChI=1S/C15H11FO4/c1-8-4-9(14(17)18)2-3-13(8)10-5-11(15(19)20)7-12(16)6-10/h2-7H,1H3,(H,17,18)(H,19,20). The number of hydrogen-bond donors (Lipinski definition) is 2. The highest BCUT2D eigenvalue weighted by Crippen LogP contribution is 2.26. The summed E-state index contributed by atoms with van der Waals surface area (Å²) in [5, 5.41) is 17.8. The van der Waals surface area contributed by atoms with Crippen LogP contribution in [0, 0.1) is 12.7 Å². The minimum atomic E-state index is -1.22. The Labute approximate surface area is 114 Å². The van der Waals surface area contributed by atoms with E-state index in [1.807, 2.05) is 0 Å². The lowest BCUT2D eigenvalue weighted by molar-refractivity contribution is 0.0686. The molecular weight excluding hydrogens is 263 g/mol. The van der Waals surface area contributed by atoms with Crippen LogP contribution in [0.25, 0.3) is 11.1 Å². The molecule has 0 unspecified atom stereocenters. The number of aryl methyl sites for hydroxylation is 1. The smallest absolute Gasteiger partial charge is 0.335 e. The summed E-state index contributed by atoms with van der Waals surface area (Å²) in [4.78, 5) is 21.8. The maximum Gasteiger partial charge on any atom is 0.335 e. The number of benzene rings is 2. The van der Waals surface area contributed by atoms with Crippen molar-refractivity contribution in [3.63, 3.8) is 0 Å². The molecule has 0 radical (unpaired) electrons. The van der Waals surface area contributed by atoms with Gasteiger partial charge in [0.25, 0.3) is 0 Å². The molecule has 2 N–H and O–H groups in total. The summed E-state index contributed by atoms with van der Waals surface area (Å²) < 4.78 is 13.5. The average molecular weight is 274 g/mol. The number of aromatic carboxylic acids is 2. The fourth-order valence-corrected chi connectivity index (χ4v) is 1.99. The third-order valence-electron chi connectivity index (χ3n) is 2.93. The maximum absolute atomic E-state index is 13.5. The fraction of sp³-hybridized carbons (Fsp3) is 0.0667. The van der Waals surface area contributed by atoms with Gasteiger partial charge in [-0.1, -0.05) is 6.07 Å². The van der Waals surface area contributed by atoms with E-state index in [0.29, 0.717) is 16.7 Å². The minimum absolute atomic E-state index is 0.126. The Morgan fingerprint density at radius 1 is 0.950 bits per heavy atom. The van der Waals surface area contributed by atoms with Crippen LogP contribution in [-0.4, -0.2) is 22.2 Å². The number of carbonyl (C=O) groups is 2. The van der Waals surface area contributed by atoms with Gasteiger partial charge in [-0.05, 0) is 53.9 Å². The van der Waals surface area contributed by atoms with Crippen molar-refractivity contribution in [2.75, 3.05) is 0 Å². The van der Waals surface area contributed by atoms with Gasteiger partial charge < -0.3 is 10.2 Å².